The lowest BCUT2D eigenvalue weighted by Gasteiger charge is -2.46. The summed E-state index contributed by atoms with van der Waals surface area (Å²) in [6, 6.07) is 14.3. The van der Waals surface area contributed by atoms with Crippen molar-refractivity contribution in [1.82, 2.24) is 10.2 Å². The van der Waals surface area contributed by atoms with Crippen LogP contribution in [0.25, 0.3) is 0 Å². The summed E-state index contributed by atoms with van der Waals surface area (Å²) in [6.07, 6.45) is 2.13. The minimum Gasteiger partial charge on any atom is -0.359 e. The number of nitrogens with zero attached hydrogens (tertiary/aromatic N) is 2. The predicted molar refractivity (Wildman–Crippen MR) is 115 cm³/mol. The van der Waals surface area contributed by atoms with Gasteiger partial charge in [0.2, 0.25) is 5.91 Å². The molecule has 1 N–H and O–H groups in total. The molecule has 3 rings (SSSR count). The van der Waals surface area contributed by atoms with Gasteiger partial charge in [-0.2, -0.15) is 5.26 Å². The Morgan fingerprint density at radius 2 is 1.93 bits per heavy atom. The molecule has 0 saturated carbocycles. The van der Waals surface area contributed by atoms with E-state index < -0.39 is 5.41 Å². The Morgan fingerprint density at radius 1 is 1.28 bits per heavy atom. The quantitative estimate of drug-likeness (QED) is 0.737. The highest BCUT2D eigenvalue weighted by Crippen LogP contribution is 2.44. The highest BCUT2D eigenvalue weighted by molar-refractivity contribution is 9.10. The first-order valence-electron chi connectivity index (χ1n) is 9.74. The third-order valence-corrected chi connectivity index (χ3v) is 6.51. The number of benzene rings is 2. The summed E-state index contributed by atoms with van der Waals surface area (Å²) in [6.45, 7) is 1.74. The zero-order valence-corrected chi connectivity index (χ0v) is 18.3. The Morgan fingerprint density at radius 3 is 2.52 bits per heavy atom. The molecule has 6 heteroatoms. The molecule has 1 atom stereocenters. The average Bonchev–Trinajstić information content (AvgIpc) is 2.72. The molecular formula is C23H25BrFN3O. The fourth-order valence-corrected chi connectivity index (χ4v) is 4.96. The van der Waals surface area contributed by atoms with Crippen molar-refractivity contribution in [2.75, 3.05) is 27.2 Å². The summed E-state index contributed by atoms with van der Waals surface area (Å²) in [7, 11) is 3.74. The van der Waals surface area contributed by atoms with Gasteiger partial charge < -0.3 is 10.2 Å². The number of nitrogens with one attached hydrogen (secondary N) is 1. The van der Waals surface area contributed by atoms with Crippen LogP contribution in [0.15, 0.2) is 46.9 Å². The van der Waals surface area contributed by atoms with Crippen LogP contribution in [-0.4, -0.2) is 38.0 Å². The predicted octanol–water partition coefficient (Wildman–Crippen LogP) is 4.03. The van der Waals surface area contributed by atoms with Crippen molar-refractivity contribution in [1.29, 1.82) is 5.26 Å². The largest absolute Gasteiger partial charge is 0.359 e. The molecule has 1 unspecified atom stereocenters. The van der Waals surface area contributed by atoms with E-state index in [-0.39, 0.29) is 17.6 Å². The first-order chi connectivity index (χ1) is 13.9. The van der Waals surface area contributed by atoms with Gasteiger partial charge in [0.25, 0.3) is 0 Å². The maximum atomic E-state index is 13.6. The molecule has 0 aliphatic carbocycles. The molecular weight excluding hydrogens is 433 g/mol. The van der Waals surface area contributed by atoms with E-state index in [2.05, 4.69) is 39.3 Å². The van der Waals surface area contributed by atoms with Crippen LogP contribution in [0, 0.1) is 23.1 Å². The first-order valence-corrected chi connectivity index (χ1v) is 10.5. The number of hydrogen-bond donors (Lipinski definition) is 1. The van der Waals surface area contributed by atoms with E-state index in [1.54, 1.807) is 13.1 Å². The van der Waals surface area contributed by atoms with Gasteiger partial charge in [0.1, 0.15) is 5.82 Å². The lowest BCUT2D eigenvalue weighted by Crippen LogP contribution is -2.51. The van der Waals surface area contributed by atoms with Crippen molar-refractivity contribution in [2.24, 2.45) is 5.92 Å². The first kappa shape index (κ1) is 21.5. The van der Waals surface area contributed by atoms with Gasteiger partial charge in [-0.1, -0.05) is 28.1 Å². The van der Waals surface area contributed by atoms with Gasteiger partial charge in [0.05, 0.1) is 17.6 Å². The highest BCUT2D eigenvalue weighted by atomic mass is 79.9. The van der Waals surface area contributed by atoms with Crippen molar-refractivity contribution in [3.8, 4) is 6.07 Å². The fourth-order valence-electron chi connectivity index (χ4n) is 4.42. The standard InChI is InChI=1S/C23H25BrFN3O/c1-27-22(29)21(14-16-11-17(15-26)13-19(24)12-16)23(7-9-28(2)10-8-23)18-3-5-20(25)6-4-18/h3-6,11-13,21H,7-10,14H2,1-2H3,(H,27,29). The lowest BCUT2D eigenvalue weighted by molar-refractivity contribution is -0.127. The van der Waals surface area contributed by atoms with E-state index in [1.807, 2.05) is 24.3 Å². The van der Waals surface area contributed by atoms with Crippen LogP contribution in [0.4, 0.5) is 4.39 Å². The van der Waals surface area contributed by atoms with E-state index in [0.29, 0.717) is 12.0 Å². The average molecular weight is 458 g/mol. The smallest absolute Gasteiger partial charge is 0.224 e. The van der Waals surface area contributed by atoms with Crippen LogP contribution < -0.4 is 5.32 Å². The number of amides is 1. The molecule has 2 aromatic carbocycles. The fraction of sp³-hybridized carbons (Fsp3) is 0.391. The number of hydrogen-bond acceptors (Lipinski definition) is 3. The summed E-state index contributed by atoms with van der Waals surface area (Å²) >= 11 is 3.47. The Hall–Kier alpha value is -2.23. The molecule has 4 nitrogen and oxygen atoms in total. The number of likely N-dealkylation sites (tertiary alicyclic amines) is 1. The SMILES string of the molecule is CNC(=O)C(Cc1cc(Br)cc(C#N)c1)C1(c2ccc(F)cc2)CCN(C)CC1. The second-order valence-electron chi connectivity index (χ2n) is 7.80. The maximum Gasteiger partial charge on any atom is 0.224 e. The summed E-state index contributed by atoms with van der Waals surface area (Å²) < 4.78 is 14.4. The van der Waals surface area contributed by atoms with Crippen molar-refractivity contribution in [3.05, 3.63) is 69.4 Å². The van der Waals surface area contributed by atoms with Crippen molar-refractivity contribution in [2.45, 2.75) is 24.7 Å². The Kier molecular flexibility index (Phi) is 6.71. The van der Waals surface area contributed by atoms with Crippen LogP contribution >= 0.6 is 15.9 Å². The third-order valence-electron chi connectivity index (χ3n) is 6.05. The van der Waals surface area contributed by atoms with Gasteiger partial charge in [0, 0.05) is 16.9 Å². The zero-order chi connectivity index (χ0) is 21.0. The second kappa shape index (κ2) is 9.06. The summed E-state index contributed by atoms with van der Waals surface area (Å²) in [5, 5.41) is 12.2. The molecule has 152 valence electrons. The van der Waals surface area contributed by atoms with E-state index in [9.17, 15) is 14.4 Å². The Bertz CT molecular complexity index is 915. The monoisotopic (exact) mass is 457 g/mol. The molecule has 2 aromatic rings. The molecule has 0 radical (unpaired) electrons. The lowest BCUT2D eigenvalue weighted by atomic mass is 9.62. The number of piperidine rings is 1. The summed E-state index contributed by atoms with van der Waals surface area (Å²) in [4.78, 5) is 15.4. The highest BCUT2D eigenvalue weighted by Gasteiger charge is 2.45. The molecule has 1 fully saturated rings. The number of halogens is 2. The van der Waals surface area contributed by atoms with Gasteiger partial charge in [-0.3, -0.25) is 4.79 Å². The van der Waals surface area contributed by atoms with Gasteiger partial charge in [0.15, 0.2) is 0 Å². The van der Waals surface area contributed by atoms with Gasteiger partial charge in [-0.15, -0.1) is 0 Å². The second-order valence-corrected chi connectivity index (χ2v) is 8.71. The van der Waals surface area contributed by atoms with Crippen LogP contribution in [0.2, 0.25) is 0 Å². The van der Waals surface area contributed by atoms with Crippen LogP contribution in [0.1, 0.15) is 29.5 Å². The van der Waals surface area contributed by atoms with Gasteiger partial charge >= 0.3 is 0 Å². The molecule has 0 bridgehead atoms. The maximum absolute atomic E-state index is 13.6. The molecule has 1 amide bonds. The molecule has 1 aliphatic heterocycles. The third kappa shape index (κ3) is 4.68. The number of carbonyl (C=O) groups is 1. The van der Waals surface area contributed by atoms with Crippen LogP contribution in [0.5, 0.6) is 0 Å². The van der Waals surface area contributed by atoms with Gasteiger partial charge in [-0.05, 0) is 80.9 Å². The number of rotatable bonds is 5. The van der Waals surface area contributed by atoms with Crippen molar-refractivity contribution in [3.63, 3.8) is 0 Å². The molecule has 1 aliphatic rings. The van der Waals surface area contributed by atoms with Crippen LogP contribution in [-0.2, 0) is 16.6 Å². The number of carbonyl (C=O) groups excluding carboxylic acids is 1. The molecule has 0 aromatic heterocycles. The Labute approximate surface area is 179 Å². The van der Waals surface area contributed by atoms with E-state index in [0.717, 1.165) is 41.5 Å². The van der Waals surface area contributed by atoms with E-state index in [1.165, 1.54) is 12.1 Å². The normalized spacial score (nSPS) is 17.3. The minimum absolute atomic E-state index is 0.0302. The molecule has 1 heterocycles. The van der Waals surface area contributed by atoms with Gasteiger partial charge in [-0.25, -0.2) is 4.39 Å². The molecule has 29 heavy (non-hydrogen) atoms. The van der Waals surface area contributed by atoms with E-state index >= 15 is 0 Å². The molecule has 0 spiro atoms. The Balaban J connectivity index is 2.07. The van der Waals surface area contributed by atoms with Crippen molar-refractivity contribution < 1.29 is 9.18 Å². The van der Waals surface area contributed by atoms with Crippen LogP contribution in [0.3, 0.4) is 0 Å². The van der Waals surface area contributed by atoms with E-state index in [4.69, 9.17) is 0 Å². The summed E-state index contributed by atoms with van der Waals surface area (Å²) in [5.41, 5.74) is 2.10. The van der Waals surface area contributed by atoms with Crippen molar-refractivity contribution >= 4 is 21.8 Å². The number of nitriles is 1. The minimum atomic E-state index is -0.393. The topological polar surface area (TPSA) is 56.1 Å². The zero-order valence-electron chi connectivity index (χ0n) is 16.7. The molecule has 1 saturated heterocycles. The summed E-state index contributed by atoms with van der Waals surface area (Å²) in [5.74, 6) is -0.635.